The number of furan rings is 1. The molecule has 2 saturated heterocycles. The Morgan fingerprint density at radius 3 is 2.82 bits per heavy atom. The van der Waals surface area contributed by atoms with Gasteiger partial charge < -0.3 is 14.6 Å². The number of likely N-dealkylation sites (tertiary alicyclic amines) is 1. The van der Waals surface area contributed by atoms with E-state index in [1.165, 1.54) is 0 Å². The third-order valence-corrected chi connectivity index (χ3v) is 4.99. The van der Waals surface area contributed by atoms with Crippen LogP contribution < -0.4 is 5.32 Å². The van der Waals surface area contributed by atoms with Gasteiger partial charge in [-0.15, -0.1) is 12.4 Å². The molecule has 0 aliphatic carbocycles. The van der Waals surface area contributed by atoms with Crippen molar-refractivity contribution in [2.24, 2.45) is 11.8 Å². The first kappa shape index (κ1) is 17.4. The summed E-state index contributed by atoms with van der Waals surface area (Å²) >= 11 is 0. The molecule has 2 fully saturated rings. The van der Waals surface area contributed by atoms with Gasteiger partial charge in [0.1, 0.15) is 5.76 Å². The molecule has 0 spiro atoms. The molecular formula is C17H27ClN2O2. The minimum absolute atomic E-state index is 0. The van der Waals surface area contributed by atoms with Crippen molar-refractivity contribution >= 4 is 18.3 Å². The lowest BCUT2D eigenvalue weighted by molar-refractivity contribution is -0.142. The monoisotopic (exact) mass is 326 g/mol. The van der Waals surface area contributed by atoms with E-state index < -0.39 is 0 Å². The van der Waals surface area contributed by atoms with Gasteiger partial charge in [-0.3, -0.25) is 4.79 Å². The molecule has 3 rings (SSSR count). The number of hydrogen-bond acceptors (Lipinski definition) is 3. The van der Waals surface area contributed by atoms with Gasteiger partial charge in [0.05, 0.1) is 12.3 Å². The van der Waals surface area contributed by atoms with Gasteiger partial charge in [-0.05, 0) is 57.2 Å². The normalized spacial score (nSPS) is 32.4. The standard InChI is InChI=1S/C17H26N2O2.ClH/c1-12-6-8-19(15(10-12)16-4-3-9-21-16)17(20)14-5-7-18-13(2)11-14;/h3-4,9,12-15,18H,5-8,10-11H2,1-2H3;1H/t12?,13-,14-,15?;/m0./s1. The number of hydrogen-bond donors (Lipinski definition) is 1. The van der Waals surface area contributed by atoms with Crippen LogP contribution in [0.4, 0.5) is 0 Å². The second-order valence-electron chi connectivity index (χ2n) is 6.77. The Bertz CT molecular complexity index is 477. The van der Waals surface area contributed by atoms with Crippen molar-refractivity contribution < 1.29 is 9.21 Å². The van der Waals surface area contributed by atoms with Crippen molar-refractivity contribution in [1.82, 2.24) is 10.2 Å². The Morgan fingerprint density at radius 1 is 1.32 bits per heavy atom. The molecule has 3 heterocycles. The van der Waals surface area contributed by atoms with Crippen LogP contribution in [0.25, 0.3) is 0 Å². The predicted octanol–water partition coefficient (Wildman–Crippen LogP) is 3.39. The number of piperidine rings is 2. The SMILES string of the molecule is CC1CCN(C(=O)[C@H]2CCN[C@@H](C)C2)C(c2ccco2)C1.Cl. The molecule has 1 amide bonds. The molecule has 0 bridgehead atoms. The first-order chi connectivity index (χ1) is 10.1. The van der Waals surface area contributed by atoms with Crippen molar-refractivity contribution in [1.29, 1.82) is 0 Å². The van der Waals surface area contributed by atoms with Gasteiger partial charge in [0.15, 0.2) is 0 Å². The highest BCUT2D eigenvalue weighted by Gasteiger charge is 2.36. The highest BCUT2D eigenvalue weighted by Crippen LogP contribution is 2.36. The largest absolute Gasteiger partial charge is 0.467 e. The zero-order valence-electron chi connectivity index (χ0n) is 13.5. The lowest BCUT2D eigenvalue weighted by Gasteiger charge is -2.40. The van der Waals surface area contributed by atoms with Crippen LogP contribution in [-0.2, 0) is 4.79 Å². The van der Waals surface area contributed by atoms with Crippen LogP contribution in [-0.4, -0.2) is 29.9 Å². The maximum atomic E-state index is 13.0. The van der Waals surface area contributed by atoms with Crippen LogP contribution in [0.15, 0.2) is 22.8 Å². The molecule has 1 N–H and O–H groups in total. The summed E-state index contributed by atoms with van der Waals surface area (Å²) in [5, 5.41) is 3.43. The number of carbonyl (C=O) groups is 1. The molecule has 2 aliphatic heterocycles. The van der Waals surface area contributed by atoms with Crippen molar-refractivity contribution in [3.05, 3.63) is 24.2 Å². The van der Waals surface area contributed by atoms with Gasteiger partial charge in [-0.2, -0.15) is 0 Å². The number of halogens is 1. The number of amides is 1. The first-order valence-corrected chi connectivity index (χ1v) is 8.22. The molecule has 4 nitrogen and oxygen atoms in total. The number of nitrogens with zero attached hydrogens (tertiary/aromatic N) is 1. The van der Waals surface area contributed by atoms with Crippen molar-refractivity contribution in [3.8, 4) is 0 Å². The predicted molar refractivity (Wildman–Crippen MR) is 89.0 cm³/mol. The summed E-state index contributed by atoms with van der Waals surface area (Å²) in [7, 11) is 0. The fraction of sp³-hybridized carbons (Fsp3) is 0.706. The molecule has 22 heavy (non-hydrogen) atoms. The second-order valence-corrected chi connectivity index (χ2v) is 6.77. The molecule has 4 atom stereocenters. The van der Waals surface area contributed by atoms with E-state index >= 15 is 0 Å². The Hall–Kier alpha value is -1.00. The minimum atomic E-state index is 0. The van der Waals surface area contributed by atoms with Crippen molar-refractivity contribution in [2.45, 2.75) is 51.6 Å². The Labute approximate surface area is 139 Å². The molecule has 0 saturated carbocycles. The van der Waals surface area contributed by atoms with E-state index in [9.17, 15) is 4.79 Å². The molecule has 1 aromatic rings. The molecular weight excluding hydrogens is 300 g/mol. The van der Waals surface area contributed by atoms with Gasteiger partial charge in [0.2, 0.25) is 5.91 Å². The van der Waals surface area contributed by atoms with E-state index in [1.54, 1.807) is 6.26 Å². The highest BCUT2D eigenvalue weighted by molar-refractivity contribution is 5.85. The zero-order valence-corrected chi connectivity index (χ0v) is 14.3. The first-order valence-electron chi connectivity index (χ1n) is 8.22. The summed E-state index contributed by atoms with van der Waals surface area (Å²) in [5.74, 6) is 2.09. The lowest BCUT2D eigenvalue weighted by Crippen LogP contribution is -2.47. The van der Waals surface area contributed by atoms with E-state index in [2.05, 4.69) is 24.1 Å². The molecule has 0 radical (unpaired) electrons. The van der Waals surface area contributed by atoms with E-state index in [4.69, 9.17) is 4.42 Å². The summed E-state index contributed by atoms with van der Waals surface area (Å²) in [6.45, 7) is 6.25. The Balaban J connectivity index is 0.00000176. The van der Waals surface area contributed by atoms with Gasteiger partial charge in [-0.25, -0.2) is 0 Å². The molecule has 5 heteroatoms. The molecule has 2 unspecified atom stereocenters. The van der Waals surface area contributed by atoms with Gasteiger partial charge >= 0.3 is 0 Å². The van der Waals surface area contributed by atoms with Crippen LogP contribution in [0, 0.1) is 11.8 Å². The lowest BCUT2D eigenvalue weighted by atomic mass is 9.87. The van der Waals surface area contributed by atoms with Crippen molar-refractivity contribution in [3.63, 3.8) is 0 Å². The van der Waals surface area contributed by atoms with E-state index in [0.29, 0.717) is 17.9 Å². The zero-order chi connectivity index (χ0) is 14.8. The highest BCUT2D eigenvalue weighted by atomic mass is 35.5. The van der Waals surface area contributed by atoms with Crippen LogP contribution in [0.1, 0.15) is 51.3 Å². The van der Waals surface area contributed by atoms with Crippen LogP contribution >= 0.6 is 12.4 Å². The second kappa shape index (κ2) is 7.51. The molecule has 2 aliphatic rings. The van der Waals surface area contributed by atoms with Gasteiger partial charge in [-0.1, -0.05) is 6.92 Å². The van der Waals surface area contributed by atoms with Crippen LogP contribution in [0.5, 0.6) is 0 Å². The minimum Gasteiger partial charge on any atom is -0.467 e. The average molecular weight is 327 g/mol. The number of carbonyl (C=O) groups excluding carboxylic acids is 1. The summed E-state index contributed by atoms with van der Waals surface area (Å²) in [6.07, 6.45) is 5.74. The molecule has 1 aromatic heterocycles. The average Bonchev–Trinajstić information content (AvgIpc) is 3.00. The smallest absolute Gasteiger partial charge is 0.226 e. The van der Waals surface area contributed by atoms with Crippen LogP contribution in [0.2, 0.25) is 0 Å². The third-order valence-electron chi connectivity index (χ3n) is 4.99. The summed E-state index contributed by atoms with van der Waals surface area (Å²) in [6, 6.07) is 4.50. The Morgan fingerprint density at radius 2 is 2.14 bits per heavy atom. The maximum Gasteiger partial charge on any atom is 0.226 e. The van der Waals surface area contributed by atoms with Gasteiger partial charge in [0, 0.05) is 18.5 Å². The molecule has 124 valence electrons. The Kier molecular flexibility index (Phi) is 5.93. The summed E-state index contributed by atoms with van der Waals surface area (Å²) in [4.78, 5) is 15.1. The maximum absolute atomic E-state index is 13.0. The van der Waals surface area contributed by atoms with Crippen molar-refractivity contribution in [2.75, 3.05) is 13.1 Å². The fourth-order valence-corrected chi connectivity index (χ4v) is 3.75. The number of rotatable bonds is 2. The topological polar surface area (TPSA) is 45.5 Å². The van der Waals surface area contributed by atoms with E-state index in [0.717, 1.165) is 44.5 Å². The third kappa shape index (κ3) is 3.66. The van der Waals surface area contributed by atoms with Gasteiger partial charge in [0.25, 0.3) is 0 Å². The number of nitrogens with one attached hydrogen (secondary N) is 1. The molecule has 0 aromatic carbocycles. The summed E-state index contributed by atoms with van der Waals surface area (Å²) < 4.78 is 5.60. The van der Waals surface area contributed by atoms with E-state index in [1.807, 2.05) is 12.1 Å². The fourth-order valence-electron chi connectivity index (χ4n) is 3.75. The summed E-state index contributed by atoms with van der Waals surface area (Å²) in [5.41, 5.74) is 0. The van der Waals surface area contributed by atoms with E-state index in [-0.39, 0.29) is 24.4 Å². The quantitative estimate of drug-likeness (QED) is 0.906. The van der Waals surface area contributed by atoms with Crippen LogP contribution in [0.3, 0.4) is 0 Å².